The molecule has 10 nitrogen and oxygen atoms in total. The lowest BCUT2D eigenvalue weighted by Gasteiger charge is -2.29. The molecule has 7 rings (SSSR count). The second-order valence-electron chi connectivity index (χ2n) is 14.9. The molecule has 2 aromatic carbocycles. The number of benzene rings is 2. The Balaban J connectivity index is 1.02. The lowest BCUT2D eigenvalue weighted by molar-refractivity contribution is -0.137. The predicted octanol–water partition coefficient (Wildman–Crippen LogP) is 6.52. The molecule has 0 bridgehead atoms. The number of fused-ring (bicyclic) bond motifs is 1. The number of aromatic nitrogens is 3. The van der Waals surface area contributed by atoms with Crippen LogP contribution in [0.2, 0.25) is 5.02 Å². The van der Waals surface area contributed by atoms with Gasteiger partial charge in [0.05, 0.1) is 17.3 Å². The van der Waals surface area contributed by atoms with Gasteiger partial charge in [-0.05, 0) is 113 Å². The van der Waals surface area contributed by atoms with Crippen molar-refractivity contribution in [3.8, 4) is 11.1 Å². The van der Waals surface area contributed by atoms with E-state index in [9.17, 15) is 9.59 Å². The number of carbonyl (C=O) groups is 2. The molecule has 3 fully saturated rings. The Morgan fingerprint density at radius 2 is 1.71 bits per heavy atom. The van der Waals surface area contributed by atoms with Crippen LogP contribution in [0.1, 0.15) is 74.8 Å². The van der Waals surface area contributed by atoms with Gasteiger partial charge >= 0.3 is 0 Å². The van der Waals surface area contributed by atoms with Crippen LogP contribution >= 0.6 is 11.6 Å². The molecule has 0 atom stereocenters. The number of amides is 2. The summed E-state index contributed by atoms with van der Waals surface area (Å²) >= 11 is 6.73. The molecule has 276 valence electrons. The molecule has 4 aromatic rings. The standard InChI is InChI=1S/C41H52ClN7O3/c1-4-36-33(37(46-31-13-19-52-20-14-31)34-26-45-49(5-2)38(34)47-36)25-44-40(51)41(15-16-41)39(50)43-24-29-9-10-35(42)32(23-29)30-8-6-7-28(22-30)21-27-11-17-48(3)18-12-27/h6-10,22-23,26-27,31H,4-5,11-21,24-25H2,1-3H3,(H,43,50)(H,44,51)(H,46,47). The first-order valence-corrected chi connectivity index (χ1v) is 19.5. The number of hydrogen-bond acceptors (Lipinski definition) is 7. The minimum Gasteiger partial charge on any atom is -0.381 e. The second-order valence-corrected chi connectivity index (χ2v) is 15.3. The van der Waals surface area contributed by atoms with Gasteiger partial charge in [0, 0.05) is 60.7 Å². The summed E-state index contributed by atoms with van der Waals surface area (Å²) in [4.78, 5) is 34.8. The number of anilines is 1. The van der Waals surface area contributed by atoms with Crippen molar-refractivity contribution in [2.24, 2.45) is 11.3 Å². The Morgan fingerprint density at radius 1 is 0.962 bits per heavy atom. The zero-order valence-electron chi connectivity index (χ0n) is 30.8. The van der Waals surface area contributed by atoms with E-state index in [2.05, 4.69) is 77.2 Å². The number of nitrogens with one attached hydrogen (secondary N) is 3. The van der Waals surface area contributed by atoms with Crippen LogP contribution in [0.5, 0.6) is 0 Å². The van der Waals surface area contributed by atoms with Crippen molar-refractivity contribution in [3.63, 3.8) is 0 Å². The Bertz CT molecular complexity index is 1910. The first-order chi connectivity index (χ1) is 25.3. The van der Waals surface area contributed by atoms with Gasteiger partial charge in [-0.25, -0.2) is 9.67 Å². The molecule has 52 heavy (non-hydrogen) atoms. The van der Waals surface area contributed by atoms with Gasteiger partial charge in [0.1, 0.15) is 5.41 Å². The van der Waals surface area contributed by atoms with Crippen molar-refractivity contribution in [2.75, 3.05) is 38.7 Å². The Hall–Kier alpha value is -3.99. The van der Waals surface area contributed by atoms with E-state index in [0.29, 0.717) is 56.5 Å². The molecule has 0 spiro atoms. The highest BCUT2D eigenvalue weighted by Gasteiger charge is 2.56. The van der Waals surface area contributed by atoms with Crippen LogP contribution in [-0.2, 0) is 46.8 Å². The number of halogens is 1. The Morgan fingerprint density at radius 3 is 2.42 bits per heavy atom. The Kier molecular flexibility index (Phi) is 11.2. The summed E-state index contributed by atoms with van der Waals surface area (Å²) < 4.78 is 7.52. The first kappa shape index (κ1) is 36.4. The number of likely N-dealkylation sites (tertiary alicyclic amines) is 1. The third-order valence-electron chi connectivity index (χ3n) is 11.3. The molecule has 2 saturated heterocycles. The number of carbonyl (C=O) groups excluding carboxylic acids is 2. The smallest absolute Gasteiger partial charge is 0.235 e. The molecule has 2 aromatic heterocycles. The Labute approximate surface area is 312 Å². The van der Waals surface area contributed by atoms with Gasteiger partial charge in [0.2, 0.25) is 11.8 Å². The van der Waals surface area contributed by atoms with Gasteiger partial charge in [-0.3, -0.25) is 9.59 Å². The number of rotatable bonds is 13. The molecule has 0 radical (unpaired) electrons. The summed E-state index contributed by atoms with van der Waals surface area (Å²) in [5, 5.41) is 16.2. The van der Waals surface area contributed by atoms with Crippen molar-refractivity contribution in [1.29, 1.82) is 0 Å². The molecule has 1 aliphatic carbocycles. The molecule has 2 amide bonds. The number of nitrogens with zero attached hydrogens (tertiary/aromatic N) is 4. The highest BCUT2D eigenvalue weighted by Crippen LogP contribution is 2.46. The van der Waals surface area contributed by atoms with Gasteiger partial charge in [-0.2, -0.15) is 5.10 Å². The van der Waals surface area contributed by atoms with E-state index in [-0.39, 0.29) is 24.4 Å². The van der Waals surface area contributed by atoms with Crippen LogP contribution in [-0.4, -0.2) is 70.9 Å². The minimum atomic E-state index is -1.07. The summed E-state index contributed by atoms with van der Waals surface area (Å²) in [5.74, 6) is 0.216. The second kappa shape index (κ2) is 15.9. The zero-order chi connectivity index (χ0) is 36.2. The SMILES string of the molecule is CCc1nc2c(cnn2CC)c(NC2CCOCC2)c1CNC(=O)C1(C(=O)NCc2ccc(Cl)c(-c3cccc(CC4CCN(C)CC4)c3)c2)CC1. The average molecular weight is 726 g/mol. The summed E-state index contributed by atoms with van der Waals surface area (Å²) in [7, 11) is 2.20. The minimum absolute atomic E-state index is 0.240. The third-order valence-corrected chi connectivity index (χ3v) is 11.6. The number of hydrogen-bond donors (Lipinski definition) is 3. The average Bonchev–Trinajstić information content (AvgIpc) is 3.88. The van der Waals surface area contributed by atoms with Gasteiger partial charge in [-0.15, -0.1) is 0 Å². The lowest BCUT2D eigenvalue weighted by atomic mass is 9.89. The van der Waals surface area contributed by atoms with E-state index in [1.807, 2.05) is 23.0 Å². The van der Waals surface area contributed by atoms with E-state index in [1.54, 1.807) is 0 Å². The number of piperidine rings is 1. The van der Waals surface area contributed by atoms with Gasteiger partial charge in [0.15, 0.2) is 5.65 Å². The fourth-order valence-corrected chi connectivity index (χ4v) is 8.07. The molecular weight excluding hydrogens is 674 g/mol. The molecular formula is C41H52ClN7O3. The number of pyridine rings is 1. The zero-order valence-corrected chi connectivity index (χ0v) is 31.5. The normalized spacial score (nSPS) is 18.0. The van der Waals surface area contributed by atoms with E-state index in [1.165, 1.54) is 18.4 Å². The summed E-state index contributed by atoms with van der Waals surface area (Å²) in [6.45, 7) is 9.18. The number of ether oxygens (including phenoxy) is 1. The van der Waals surface area contributed by atoms with Crippen molar-refractivity contribution < 1.29 is 14.3 Å². The molecule has 0 unspecified atom stereocenters. The molecule has 11 heteroatoms. The first-order valence-electron chi connectivity index (χ1n) is 19.1. The van der Waals surface area contributed by atoms with E-state index in [4.69, 9.17) is 21.3 Å². The van der Waals surface area contributed by atoms with E-state index < -0.39 is 5.41 Å². The van der Waals surface area contributed by atoms with Crippen LogP contribution < -0.4 is 16.0 Å². The van der Waals surface area contributed by atoms with Crippen LogP contribution in [0.3, 0.4) is 0 Å². The maximum atomic E-state index is 13.8. The van der Waals surface area contributed by atoms with Crippen LogP contribution in [0.15, 0.2) is 48.7 Å². The van der Waals surface area contributed by atoms with Crippen LogP contribution in [0.4, 0.5) is 5.69 Å². The van der Waals surface area contributed by atoms with Gasteiger partial charge < -0.3 is 25.6 Å². The third kappa shape index (κ3) is 7.84. The summed E-state index contributed by atoms with van der Waals surface area (Å²) in [6, 6.07) is 14.8. The van der Waals surface area contributed by atoms with Gasteiger partial charge in [0.25, 0.3) is 0 Å². The van der Waals surface area contributed by atoms with Crippen molar-refractivity contribution in [3.05, 3.63) is 76.1 Å². The van der Waals surface area contributed by atoms with E-state index >= 15 is 0 Å². The van der Waals surface area contributed by atoms with Crippen molar-refractivity contribution >= 4 is 40.1 Å². The fraction of sp³-hybridized carbons (Fsp3) is 0.512. The molecule has 3 N–H and O–H groups in total. The maximum Gasteiger partial charge on any atom is 0.235 e. The fourth-order valence-electron chi connectivity index (χ4n) is 7.84. The molecule has 4 heterocycles. The summed E-state index contributed by atoms with van der Waals surface area (Å²) in [6.07, 6.45) is 8.95. The highest BCUT2D eigenvalue weighted by atomic mass is 35.5. The van der Waals surface area contributed by atoms with Crippen molar-refractivity contribution in [2.45, 2.75) is 90.9 Å². The number of aryl methyl sites for hydroxylation is 2. The highest BCUT2D eigenvalue weighted by molar-refractivity contribution is 6.33. The van der Waals surface area contributed by atoms with Crippen LogP contribution in [0, 0.1) is 11.3 Å². The predicted molar refractivity (Wildman–Crippen MR) is 206 cm³/mol. The topological polar surface area (TPSA) is 113 Å². The molecule has 1 saturated carbocycles. The molecule has 2 aliphatic heterocycles. The lowest BCUT2D eigenvalue weighted by Crippen LogP contribution is -2.42. The maximum absolute atomic E-state index is 13.8. The van der Waals surface area contributed by atoms with Gasteiger partial charge in [-0.1, -0.05) is 48.9 Å². The largest absolute Gasteiger partial charge is 0.381 e. The quantitative estimate of drug-likeness (QED) is 0.135. The monoisotopic (exact) mass is 725 g/mol. The van der Waals surface area contributed by atoms with Crippen LogP contribution in [0.25, 0.3) is 22.2 Å². The summed E-state index contributed by atoms with van der Waals surface area (Å²) in [5.41, 5.74) is 6.90. The van der Waals surface area contributed by atoms with E-state index in [0.717, 1.165) is 77.0 Å². The molecule has 3 aliphatic rings. The van der Waals surface area contributed by atoms with Crippen molar-refractivity contribution in [1.82, 2.24) is 30.3 Å².